The fraction of sp³-hybridized carbons (Fsp3) is 0.235. The topological polar surface area (TPSA) is 29.5 Å². The molecule has 3 nitrogen and oxygen atoms in total. The van der Waals surface area contributed by atoms with Crippen molar-refractivity contribution >= 4 is 6.09 Å². The van der Waals surface area contributed by atoms with Gasteiger partial charge in [-0.15, -0.1) is 0 Å². The fourth-order valence-corrected chi connectivity index (χ4v) is 1.92. The van der Waals surface area contributed by atoms with Gasteiger partial charge in [0.25, 0.3) is 0 Å². The zero-order chi connectivity index (χ0) is 14.2. The predicted molar refractivity (Wildman–Crippen MR) is 79.2 cm³/mol. The Labute approximate surface area is 119 Å². The van der Waals surface area contributed by atoms with Gasteiger partial charge in [0.2, 0.25) is 0 Å². The van der Waals surface area contributed by atoms with Gasteiger partial charge < -0.3 is 9.64 Å². The number of carbonyl (C=O) groups is 1. The molecule has 0 fully saturated rings. The van der Waals surface area contributed by atoms with Crippen molar-refractivity contribution in [2.24, 2.45) is 0 Å². The average molecular weight is 269 g/mol. The van der Waals surface area contributed by atoms with Crippen LogP contribution in [0.3, 0.4) is 0 Å². The molecule has 0 aromatic heterocycles. The third-order valence-electron chi connectivity index (χ3n) is 3.06. The molecule has 0 saturated heterocycles. The van der Waals surface area contributed by atoms with Crippen LogP contribution in [0.5, 0.6) is 0 Å². The van der Waals surface area contributed by atoms with Crippen molar-refractivity contribution < 1.29 is 9.53 Å². The minimum absolute atomic E-state index is 0.278. The molecule has 104 valence electrons. The van der Waals surface area contributed by atoms with Crippen LogP contribution in [0.25, 0.3) is 0 Å². The molecule has 0 unspecified atom stereocenters. The summed E-state index contributed by atoms with van der Waals surface area (Å²) >= 11 is 0. The lowest BCUT2D eigenvalue weighted by Gasteiger charge is -2.20. The molecular formula is C17H19NO2. The van der Waals surface area contributed by atoms with Gasteiger partial charge in [0.1, 0.15) is 6.61 Å². The van der Waals surface area contributed by atoms with Gasteiger partial charge in [0, 0.05) is 13.1 Å². The third-order valence-corrected chi connectivity index (χ3v) is 3.06. The second-order valence-corrected chi connectivity index (χ2v) is 4.54. The zero-order valence-electron chi connectivity index (χ0n) is 11.7. The van der Waals surface area contributed by atoms with Crippen LogP contribution in [0, 0.1) is 0 Å². The Morgan fingerprint density at radius 1 is 0.950 bits per heavy atom. The summed E-state index contributed by atoms with van der Waals surface area (Å²) in [5.41, 5.74) is 2.10. The molecule has 0 spiro atoms. The molecule has 2 aromatic carbocycles. The number of benzene rings is 2. The summed E-state index contributed by atoms with van der Waals surface area (Å²) in [6, 6.07) is 19.6. The van der Waals surface area contributed by atoms with Crippen LogP contribution in [0.1, 0.15) is 18.1 Å². The molecule has 2 aromatic rings. The highest BCUT2D eigenvalue weighted by molar-refractivity contribution is 5.67. The summed E-state index contributed by atoms with van der Waals surface area (Å²) in [7, 11) is 0. The van der Waals surface area contributed by atoms with E-state index in [9.17, 15) is 4.79 Å². The molecule has 0 aliphatic heterocycles. The first kappa shape index (κ1) is 14.1. The van der Waals surface area contributed by atoms with Gasteiger partial charge in [0.05, 0.1) is 0 Å². The molecule has 0 aliphatic rings. The minimum Gasteiger partial charge on any atom is -0.445 e. The van der Waals surface area contributed by atoms with Gasteiger partial charge in [-0.3, -0.25) is 0 Å². The second kappa shape index (κ2) is 7.34. The third kappa shape index (κ3) is 4.12. The van der Waals surface area contributed by atoms with E-state index in [-0.39, 0.29) is 6.09 Å². The number of carbonyl (C=O) groups excluding carboxylic acids is 1. The Kier molecular flexibility index (Phi) is 5.18. The molecule has 0 N–H and O–H groups in total. The van der Waals surface area contributed by atoms with Crippen LogP contribution in [0.2, 0.25) is 0 Å². The largest absolute Gasteiger partial charge is 0.445 e. The van der Waals surface area contributed by atoms with Crippen molar-refractivity contribution in [1.29, 1.82) is 0 Å². The van der Waals surface area contributed by atoms with Crippen molar-refractivity contribution in [3.63, 3.8) is 0 Å². The maximum atomic E-state index is 12.1. The minimum atomic E-state index is -0.278. The number of hydrogen-bond acceptors (Lipinski definition) is 2. The molecule has 20 heavy (non-hydrogen) atoms. The molecule has 2 rings (SSSR count). The molecule has 0 heterocycles. The molecule has 0 aliphatic carbocycles. The normalized spacial score (nSPS) is 10.1. The van der Waals surface area contributed by atoms with Crippen molar-refractivity contribution in [3.8, 4) is 0 Å². The van der Waals surface area contributed by atoms with Gasteiger partial charge in [0.15, 0.2) is 0 Å². The second-order valence-electron chi connectivity index (χ2n) is 4.54. The van der Waals surface area contributed by atoms with Crippen LogP contribution >= 0.6 is 0 Å². The summed E-state index contributed by atoms with van der Waals surface area (Å²) in [5.74, 6) is 0. The summed E-state index contributed by atoms with van der Waals surface area (Å²) < 4.78 is 5.34. The summed E-state index contributed by atoms with van der Waals surface area (Å²) in [6.45, 7) is 3.46. The lowest BCUT2D eigenvalue weighted by atomic mass is 10.2. The van der Waals surface area contributed by atoms with Gasteiger partial charge in [-0.25, -0.2) is 4.79 Å². The Morgan fingerprint density at radius 3 is 2.05 bits per heavy atom. The van der Waals surface area contributed by atoms with Gasteiger partial charge in [-0.05, 0) is 18.1 Å². The molecule has 0 bridgehead atoms. The van der Waals surface area contributed by atoms with Crippen molar-refractivity contribution in [3.05, 3.63) is 71.8 Å². The quantitative estimate of drug-likeness (QED) is 0.825. The van der Waals surface area contributed by atoms with Crippen LogP contribution in [-0.2, 0) is 17.9 Å². The van der Waals surface area contributed by atoms with Gasteiger partial charge in [-0.1, -0.05) is 60.7 Å². The van der Waals surface area contributed by atoms with E-state index in [0.717, 1.165) is 11.1 Å². The standard InChI is InChI=1S/C17H19NO2/c1-2-18(13-15-9-5-3-6-10-15)17(19)20-14-16-11-7-4-8-12-16/h3-12H,2,13-14H2,1H3. The van der Waals surface area contributed by atoms with E-state index in [4.69, 9.17) is 4.74 Å². The average Bonchev–Trinajstić information content (AvgIpc) is 2.52. The lowest BCUT2D eigenvalue weighted by molar-refractivity contribution is 0.0956. The van der Waals surface area contributed by atoms with Crippen molar-refractivity contribution in [2.75, 3.05) is 6.54 Å². The summed E-state index contributed by atoms with van der Waals surface area (Å²) in [6.07, 6.45) is -0.278. The summed E-state index contributed by atoms with van der Waals surface area (Å²) in [4.78, 5) is 13.7. The molecular weight excluding hydrogens is 250 g/mol. The highest BCUT2D eigenvalue weighted by atomic mass is 16.6. The number of ether oxygens (including phenoxy) is 1. The Bertz CT molecular complexity index is 525. The first-order valence-corrected chi connectivity index (χ1v) is 6.79. The number of amides is 1. The smallest absolute Gasteiger partial charge is 0.410 e. The van der Waals surface area contributed by atoms with E-state index in [1.165, 1.54) is 0 Å². The molecule has 3 heteroatoms. The first-order valence-electron chi connectivity index (χ1n) is 6.79. The van der Waals surface area contributed by atoms with Gasteiger partial charge >= 0.3 is 6.09 Å². The maximum absolute atomic E-state index is 12.1. The molecule has 0 atom stereocenters. The molecule has 0 radical (unpaired) electrons. The predicted octanol–water partition coefficient (Wildman–Crippen LogP) is 3.85. The summed E-state index contributed by atoms with van der Waals surface area (Å²) in [5, 5.41) is 0. The highest BCUT2D eigenvalue weighted by Gasteiger charge is 2.13. The Balaban J connectivity index is 1.89. The number of nitrogens with zero attached hydrogens (tertiary/aromatic N) is 1. The van der Waals surface area contributed by atoms with E-state index in [1.807, 2.05) is 67.6 Å². The van der Waals surface area contributed by atoms with E-state index in [2.05, 4.69) is 0 Å². The van der Waals surface area contributed by atoms with E-state index in [0.29, 0.717) is 19.7 Å². The van der Waals surface area contributed by atoms with E-state index >= 15 is 0 Å². The van der Waals surface area contributed by atoms with Crippen molar-refractivity contribution in [1.82, 2.24) is 4.90 Å². The lowest BCUT2D eigenvalue weighted by Crippen LogP contribution is -2.30. The van der Waals surface area contributed by atoms with E-state index in [1.54, 1.807) is 4.90 Å². The van der Waals surface area contributed by atoms with E-state index < -0.39 is 0 Å². The van der Waals surface area contributed by atoms with Crippen LogP contribution in [0.4, 0.5) is 4.79 Å². The molecule has 0 saturated carbocycles. The maximum Gasteiger partial charge on any atom is 0.410 e. The fourth-order valence-electron chi connectivity index (χ4n) is 1.92. The monoisotopic (exact) mass is 269 g/mol. The van der Waals surface area contributed by atoms with Crippen molar-refractivity contribution in [2.45, 2.75) is 20.1 Å². The SMILES string of the molecule is CCN(Cc1ccccc1)C(=O)OCc1ccccc1. The van der Waals surface area contributed by atoms with Crippen LogP contribution in [0.15, 0.2) is 60.7 Å². The number of rotatable bonds is 5. The zero-order valence-corrected chi connectivity index (χ0v) is 11.7. The van der Waals surface area contributed by atoms with Gasteiger partial charge in [-0.2, -0.15) is 0 Å². The number of hydrogen-bond donors (Lipinski definition) is 0. The van der Waals surface area contributed by atoms with Crippen LogP contribution in [-0.4, -0.2) is 17.5 Å². The van der Waals surface area contributed by atoms with Crippen LogP contribution < -0.4 is 0 Å². The Hall–Kier alpha value is -2.29. The Morgan fingerprint density at radius 2 is 1.50 bits per heavy atom. The molecule has 1 amide bonds. The first-order chi connectivity index (χ1) is 9.79. The highest BCUT2D eigenvalue weighted by Crippen LogP contribution is 2.08.